The van der Waals surface area contributed by atoms with Gasteiger partial charge in [0.15, 0.2) is 11.5 Å². The second kappa shape index (κ2) is 7.70. The van der Waals surface area contributed by atoms with Crippen molar-refractivity contribution in [2.45, 2.75) is 25.9 Å². The fraction of sp³-hybridized carbons (Fsp3) is 0.318. The molecular weight excluding hydrogens is 386 g/mol. The van der Waals surface area contributed by atoms with Crippen LogP contribution in [0, 0.1) is 0 Å². The SMILES string of the molecule is CCN(Cc1ccccc1)C(=O)CN1C(=O)NC(C)(c2ccc3c(c2)OCO3)C1=O. The number of likely N-dealkylation sites (N-methyl/N-ethyl adjacent to an activating group) is 1. The molecule has 8 nitrogen and oxygen atoms in total. The Labute approximate surface area is 174 Å². The van der Waals surface area contributed by atoms with E-state index >= 15 is 0 Å². The smallest absolute Gasteiger partial charge is 0.325 e. The number of nitrogens with one attached hydrogen (secondary N) is 1. The monoisotopic (exact) mass is 409 g/mol. The Hall–Kier alpha value is -3.55. The Kier molecular flexibility index (Phi) is 5.07. The van der Waals surface area contributed by atoms with Crippen molar-refractivity contribution in [2.24, 2.45) is 0 Å². The maximum Gasteiger partial charge on any atom is 0.325 e. The van der Waals surface area contributed by atoms with Crippen LogP contribution in [0.15, 0.2) is 48.5 Å². The maximum absolute atomic E-state index is 13.1. The number of imide groups is 1. The number of benzene rings is 2. The van der Waals surface area contributed by atoms with Gasteiger partial charge in [0.2, 0.25) is 12.7 Å². The molecule has 0 spiro atoms. The van der Waals surface area contributed by atoms with Crippen LogP contribution in [-0.2, 0) is 21.7 Å². The van der Waals surface area contributed by atoms with E-state index in [9.17, 15) is 14.4 Å². The molecular formula is C22H23N3O5. The number of rotatable bonds is 6. The van der Waals surface area contributed by atoms with Gasteiger partial charge in [0, 0.05) is 13.1 Å². The first-order chi connectivity index (χ1) is 14.4. The number of carbonyl (C=O) groups is 3. The number of hydrogen-bond acceptors (Lipinski definition) is 5. The van der Waals surface area contributed by atoms with Gasteiger partial charge in [-0.2, -0.15) is 0 Å². The summed E-state index contributed by atoms with van der Waals surface area (Å²) < 4.78 is 10.7. The normalized spacial score (nSPS) is 19.7. The molecule has 156 valence electrons. The Bertz CT molecular complexity index is 994. The zero-order valence-electron chi connectivity index (χ0n) is 16.9. The van der Waals surface area contributed by atoms with E-state index in [1.807, 2.05) is 37.3 Å². The molecule has 1 saturated heterocycles. The third-order valence-electron chi connectivity index (χ3n) is 5.47. The summed E-state index contributed by atoms with van der Waals surface area (Å²) >= 11 is 0. The fourth-order valence-electron chi connectivity index (χ4n) is 3.66. The Morgan fingerprint density at radius 3 is 2.60 bits per heavy atom. The van der Waals surface area contributed by atoms with Gasteiger partial charge in [0.1, 0.15) is 12.1 Å². The van der Waals surface area contributed by atoms with Gasteiger partial charge >= 0.3 is 6.03 Å². The Balaban J connectivity index is 1.50. The first kappa shape index (κ1) is 19.8. The van der Waals surface area contributed by atoms with Crippen molar-refractivity contribution in [3.63, 3.8) is 0 Å². The summed E-state index contributed by atoms with van der Waals surface area (Å²) in [6, 6.07) is 14.1. The van der Waals surface area contributed by atoms with Crippen LogP contribution >= 0.6 is 0 Å². The fourth-order valence-corrected chi connectivity index (χ4v) is 3.66. The van der Waals surface area contributed by atoms with E-state index in [0.717, 1.165) is 10.5 Å². The highest BCUT2D eigenvalue weighted by atomic mass is 16.7. The van der Waals surface area contributed by atoms with Crippen molar-refractivity contribution in [3.05, 3.63) is 59.7 Å². The molecule has 1 fully saturated rings. The van der Waals surface area contributed by atoms with Crippen molar-refractivity contribution in [1.29, 1.82) is 0 Å². The summed E-state index contributed by atoms with van der Waals surface area (Å²) in [7, 11) is 0. The molecule has 0 aromatic heterocycles. The standard InChI is InChI=1S/C22H23N3O5/c1-3-24(12-15-7-5-4-6-8-15)19(26)13-25-20(27)22(2,23-21(25)28)16-9-10-17-18(11-16)30-14-29-17/h4-11H,3,12-14H2,1-2H3,(H,23,28). The van der Waals surface area contributed by atoms with Gasteiger partial charge in [-0.3, -0.25) is 14.5 Å². The van der Waals surface area contributed by atoms with E-state index in [4.69, 9.17) is 9.47 Å². The van der Waals surface area contributed by atoms with Crippen LogP contribution in [0.1, 0.15) is 25.0 Å². The summed E-state index contributed by atoms with van der Waals surface area (Å²) in [6.45, 7) is 4.17. The second-order valence-corrected chi connectivity index (χ2v) is 7.41. The molecule has 1 atom stereocenters. The molecule has 1 unspecified atom stereocenters. The topological polar surface area (TPSA) is 88.2 Å². The molecule has 2 aliphatic heterocycles. The molecule has 2 aromatic rings. The van der Waals surface area contributed by atoms with E-state index in [2.05, 4.69) is 5.32 Å². The van der Waals surface area contributed by atoms with Crippen LogP contribution in [0.5, 0.6) is 11.5 Å². The molecule has 0 bridgehead atoms. The van der Waals surface area contributed by atoms with Gasteiger partial charge in [-0.05, 0) is 37.1 Å². The highest BCUT2D eigenvalue weighted by Gasteiger charge is 2.50. The minimum Gasteiger partial charge on any atom is -0.454 e. The average Bonchev–Trinajstić information content (AvgIpc) is 3.31. The number of fused-ring (bicyclic) bond motifs is 1. The summed E-state index contributed by atoms with van der Waals surface area (Å²) in [4.78, 5) is 41.2. The van der Waals surface area contributed by atoms with E-state index in [1.165, 1.54) is 0 Å². The summed E-state index contributed by atoms with van der Waals surface area (Å²) in [5.41, 5.74) is 0.265. The summed E-state index contributed by atoms with van der Waals surface area (Å²) in [6.07, 6.45) is 0. The number of nitrogens with zero attached hydrogens (tertiary/aromatic N) is 2. The number of amides is 4. The van der Waals surface area contributed by atoms with Gasteiger partial charge in [-0.25, -0.2) is 4.79 Å². The van der Waals surface area contributed by atoms with Gasteiger partial charge in [0.25, 0.3) is 5.91 Å². The molecule has 1 N–H and O–H groups in total. The highest BCUT2D eigenvalue weighted by molar-refractivity contribution is 6.09. The summed E-state index contributed by atoms with van der Waals surface area (Å²) in [5, 5.41) is 2.72. The lowest BCUT2D eigenvalue weighted by atomic mass is 9.91. The molecule has 0 saturated carbocycles. The molecule has 2 aromatic carbocycles. The Morgan fingerprint density at radius 1 is 1.13 bits per heavy atom. The molecule has 4 rings (SSSR count). The number of ether oxygens (including phenoxy) is 2. The number of urea groups is 1. The molecule has 2 heterocycles. The van der Waals surface area contributed by atoms with Crippen molar-refractivity contribution < 1.29 is 23.9 Å². The highest BCUT2D eigenvalue weighted by Crippen LogP contribution is 2.37. The van der Waals surface area contributed by atoms with E-state index in [1.54, 1.807) is 30.0 Å². The lowest BCUT2D eigenvalue weighted by Crippen LogP contribution is -2.44. The summed E-state index contributed by atoms with van der Waals surface area (Å²) in [5.74, 6) is 0.339. The average molecular weight is 409 g/mol. The van der Waals surface area contributed by atoms with Crippen LogP contribution in [0.25, 0.3) is 0 Å². The first-order valence-electron chi connectivity index (χ1n) is 9.78. The minimum atomic E-state index is -1.28. The third-order valence-corrected chi connectivity index (χ3v) is 5.47. The molecule has 0 radical (unpaired) electrons. The van der Waals surface area contributed by atoms with Crippen molar-refractivity contribution in [1.82, 2.24) is 15.1 Å². The van der Waals surface area contributed by atoms with Crippen molar-refractivity contribution in [3.8, 4) is 11.5 Å². The molecule has 8 heteroatoms. The molecule has 4 amide bonds. The zero-order chi connectivity index (χ0) is 21.3. The number of hydrogen-bond donors (Lipinski definition) is 1. The molecule has 30 heavy (non-hydrogen) atoms. The lowest BCUT2D eigenvalue weighted by Gasteiger charge is -2.25. The largest absolute Gasteiger partial charge is 0.454 e. The van der Waals surface area contributed by atoms with Crippen LogP contribution in [-0.4, -0.2) is 47.5 Å². The maximum atomic E-state index is 13.1. The second-order valence-electron chi connectivity index (χ2n) is 7.41. The zero-order valence-corrected chi connectivity index (χ0v) is 16.9. The van der Waals surface area contributed by atoms with Gasteiger partial charge < -0.3 is 19.7 Å². The van der Waals surface area contributed by atoms with Gasteiger partial charge in [0.05, 0.1) is 0 Å². The molecule has 0 aliphatic carbocycles. The van der Waals surface area contributed by atoms with Crippen molar-refractivity contribution >= 4 is 17.8 Å². The quantitative estimate of drug-likeness (QED) is 0.740. The lowest BCUT2D eigenvalue weighted by molar-refractivity contribution is -0.139. The van der Waals surface area contributed by atoms with E-state index < -0.39 is 17.5 Å². The third kappa shape index (κ3) is 3.45. The first-order valence-corrected chi connectivity index (χ1v) is 9.78. The van der Waals surface area contributed by atoms with E-state index in [-0.39, 0.29) is 19.2 Å². The number of carbonyl (C=O) groups excluding carboxylic acids is 3. The van der Waals surface area contributed by atoms with Crippen molar-refractivity contribution in [2.75, 3.05) is 19.9 Å². The van der Waals surface area contributed by atoms with Gasteiger partial charge in [-0.1, -0.05) is 36.4 Å². The van der Waals surface area contributed by atoms with Gasteiger partial charge in [-0.15, -0.1) is 0 Å². The van der Waals surface area contributed by atoms with E-state index in [0.29, 0.717) is 30.2 Å². The minimum absolute atomic E-state index is 0.116. The predicted octanol–water partition coefficient (Wildman–Crippen LogP) is 2.23. The van der Waals surface area contributed by atoms with Crippen LogP contribution in [0.2, 0.25) is 0 Å². The van der Waals surface area contributed by atoms with Crippen LogP contribution in [0.3, 0.4) is 0 Å². The molecule has 2 aliphatic rings. The van der Waals surface area contributed by atoms with Crippen LogP contribution in [0.4, 0.5) is 4.79 Å². The predicted molar refractivity (Wildman–Crippen MR) is 108 cm³/mol. The van der Waals surface area contributed by atoms with Crippen LogP contribution < -0.4 is 14.8 Å². The Morgan fingerprint density at radius 2 is 1.87 bits per heavy atom.